The summed E-state index contributed by atoms with van der Waals surface area (Å²) in [6.45, 7) is 2.84. The van der Waals surface area contributed by atoms with Gasteiger partial charge in [-0.3, -0.25) is 14.5 Å². The number of hydrogen-bond donors (Lipinski definition) is 2. The Morgan fingerprint density at radius 3 is 2.53 bits per heavy atom. The number of rotatable bonds is 4. The molecule has 4 rings (SSSR count). The first-order valence-corrected chi connectivity index (χ1v) is 9.47. The lowest BCUT2D eigenvalue weighted by atomic mass is 9.90. The lowest BCUT2D eigenvalue weighted by molar-refractivity contribution is -0.133. The monoisotopic (exact) mass is 405 g/mol. The zero-order chi connectivity index (χ0) is 21.5. The predicted octanol–water partition coefficient (Wildman–Crippen LogP) is 3.69. The van der Waals surface area contributed by atoms with Gasteiger partial charge in [-0.1, -0.05) is 36.4 Å². The summed E-state index contributed by atoms with van der Waals surface area (Å²) in [6.07, 6.45) is 0. The Balaban J connectivity index is 1.54. The molecule has 1 fully saturated rings. The van der Waals surface area contributed by atoms with Gasteiger partial charge in [0.25, 0.3) is 5.91 Å². The molecule has 30 heavy (non-hydrogen) atoms. The van der Waals surface area contributed by atoms with Crippen molar-refractivity contribution in [1.82, 2.24) is 10.2 Å². The van der Waals surface area contributed by atoms with Crippen LogP contribution in [0.1, 0.15) is 18.1 Å². The molecule has 0 aliphatic carbocycles. The SMILES string of the molecule is Cc1cc(F)ccc1NC(=O)CN1C(=O)NC(C)(c2ccc3ccccc3c2)C1=O. The van der Waals surface area contributed by atoms with Gasteiger partial charge in [0, 0.05) is 5.69 Å². The molecule has 3 aromatic rings. The van der Waals surface area contributed by atoms with Crippen LogP contribution in [0.15, 0.2) is 60.7 Å². The third kappa shape index (κ3) is 3.39. The van der Waals surface area contributed by atoms with Gasteiger partial charge >= 0.3 is 6.03 Å². The molecule has 7 heteroatoms. The van der Waals surface area contributed by atoms with Crippen molar-refractivity contribution >= 4 is 34.3 Å². The van der Waals surface area contributed by atoms with Crippen molar-refractivity contribution in [2.75, 3.05) is 11.9 Å². The zero-order valence-electron chi connectivity index (χ0n) is 16.5. The average Bonchev–Trinajstić information content (AvgIpc) is 2.94. The van der Waals surface area contributed by atoms with Gasteiger partial charge < -0.3 is 10.6 Å². The summed E-state index contributed by atoms with van der Waals surface area (Å²) in [5, 5.41) is 7.29. The van der Waals surface area contributed by atoms with Crippen LogP contribution in [0, 0.1) is 12.7 Å². The number of nitrogens with one attached hydrogen (secondary N) is 2. The van der Waals surface area contributed by atoms with Crippen molar-refractivity contribution in [3.63, 3.8) is 0 Å². The highest BCUT2D eigenvalue weighted by Crippen LogP contribution is 2.31. The lowest BCUT2D eigenvalue weighted by Crippen LogP contribution is -2.42. The number of benzene rings is 3. The van der Waals surface area contributed by atoms with E-state index >= 15 is 0 Å². The lowest BCUT2D eigenvalue weighted by Gasteiger charge is -2.22. The molecule has 6 nitrogen and oxygen atoms in total. The molecule has 1 atom stereocenters. The predicted molar refractivity (Wildman–Crippen MR) is 111 cm³/mol. The minimum absolute atomic E-state index is 0.411. The highest BCUT2D eigenvalue weighted by atomic mass is 19.1. The third-order valence-electron chi connectivity index (χ3n) is 5.37. The summed E-state index contributed by atoms with van der Waals surface area (Å²) in [6, 6.07) is 16.6. The van der Waals surface area contributed by atoms with Crippen molar-refractivity contribution in [3.05, 3.63) is 77.6 Å². The third-order valence-corrected chi connectivity index (χ3v) is 5.37. The largest absolute Gasteiger partial charge is 0.325 e. The normalized spacial score (nSPS) is 18.6. The van der Waals surface area contributed by atoms with Gasteiger partial charge in [0.15, 0.2) is 0 Å². The molecule has 1 heterocycles. The molecule has 0 radical (unpaired) electrons. The molecule has 0 bridgehead atoms. The van der Waals surface area contributed by atoms with E-state index < -0.39 is 35.7 Å². The van der Waals surface area contributed by atoms with Crippen LogP contribution in [0.4, 0.5) is 14.9 Å². The fraction of sp³-hybridized carbons (Fsp3) is 0.174. The molecular formula is C23H20FN3O3. The summed E-state index contributed by atoms with van der Waals surface area (Å²) < 4.78 is 13.2. The number of amides is 4. The zero-order valence-corrected chi connectivity index (χ0v) is 16.5. The van der Waals surface area contributed by atoms with E-state index in [-0.39, 0.29) is 0 Å². The number of urea groups is 1. The quantitative estimate of drug-likeness (QED) is 0.650. The molecule has 0 saturated carbocycles. The van der Waals surface area contributed by atoms with E-state index in [2.05, 4.69) is 10.6 Å². The van der Waals surface area contributed by atoms with Gasteiger partial charge in [0.1, 0.15) is 17.9 Å². The molecule has 152 valence electrons. The smallest absolute Gasteiger partial charge is 0.324 e. The van der Waals surface area contributed by atoms with Crippen molar-refractivity contribution in [2.24, 2.45) is 0 Å². The van der Waals surface area contributed by atoms with Crippen LogP contribution >= 0.6 is 0 Å². The molecule has 0 aromatic heterocycles. The van der Waals surface area contributed by atoms with Crippen LogP contribution in [0.2, 0.25) is 0 Å². The van der Waals surface area contributed by atoms with Crippen LogP contribution in [0.25, 0.3) is 10.8 Å². The number of fused-ring (bicyclic) bond motifs is 1. The number of anilines is 1. The maximum Gasteiger partial charge on any atom is 0.325 e. The molecule has 1 aliphatic heterocycles. The van der Waals surface area contributed by atoms with Crippen molar-refractivity contribution in [3.8, 4) is 0 Å². The first kappa shape index (κ1) is 19.6. The summed E-state index contributed by atoms with van der Waals surface area (Å²) >= 11 is 0. The van der Waals surface area contributed by atoms with Gasteiger partial charge in [0.05, 0.1) is 0 Å². The number of carbonyl (C=O) groups excluding carboxylic acids is 3. The van der Waals surface area contributed by atoms with Gasteiger partial charge in [0.2, 0.25) is 5.91 Å². The van der Waals surface area contributed by atoms with Crippen LogP contribution < -0.4 is 10.6 Å². The Morgan fingerprint density at radius 2 is 1.80 bits per heavy atom. The Bertz CT molecular complexity index is 1190. The molecule has 1 saturated heterocycles. The fourth-order valence-electron chi connectivity index (χ4n) is 3.64. The van der Waals surface area contributed by atoms with Crippen molar-refractivity contribution in [2.45, 2.75) is 19.4 Å². The highest BCUT2D eigenvalue weighted by molar-refractivity contribution is 6.10. The van der Waals surface area contributed by atoms with E-state index in [9.17, 15) is 18.8 Å². The summed E-state index contributed by atoms with van der Waals surface area (Å²) in [5.41, 5.74) is 0.330. The second-order valence-electron chi connectivity index (χ2n) is 7.52. The van der Waals surface area contributed by atoms with E-state index in [0.717, 1.165) is 15.7 Å². The molecule has 1 aliphatic rings. The van der Waals surface area contributed by atoms with Crippen LogP contribution in [0.3, 0.4) is 0 Å². The Morgan fingerprint density at radius 1 is 1.07 bits per heavy atom. The molecular weight excluding hydrogens is 385 g/mol. The van der Waals surface area contributed by atoms with Crippen LogP contribution in [-0.2, 0) is 15.1 Å². The number of nitrogens with zero attached hydrogens (tertiary/aromatic N) is 1. The fourth-order valence-corrected chi connectivity index (χ4v) is 3.64. The number of halogens is 1. The Kier molecular flexibility index (Phi) is 4.73. The average molecular weight is 405 g/mol. The van der Waals surface area contributed by atoms with E-state index in [1.165, 1.54) is 18.2 Å². The molecule has 4 amide bonds. The van der Waals surface area contributed by atoms with Crippen molar-refractivity contribution in [1.29, 1.82) is 0 Å². The maximum absolute atomic E-state index is 13.2. The van der Waals surface area contributed by atoms with Gasteiger partial charge in [-0.15, -0.1) is 0 Å². The first-order chi connectivity index (χ1) is 14.3. The van der Waals surface area contributed by atoms with Gasteiger partial charge in [-0.05, 0) is 60.0 Å². The van der Waals surface area contributed by atoms with E-state index in [4.69, 9.17) is 0 Å². The minimum Gasteiger partial charge on any atom is -0.324 e. The molecule has 1 unspecified atom stereocenters. The number of hydrogen-bond acceptors (Lipinski definition) is 3. The summed E-state index contributed by atoms with van der Waals surface area (Å²) in [4.78, 5) is 38.9. The topological polar surface area (TPSA) is 78.5 Å². The van der Waals surface area contributed by atoms with E-state index in [1.54, 1.807) is 19.9 Å². The summed E-state index contributed by atoms with van der Waals surface area (Å²) in [7, 11) is 0. The molecule has 3 aromatic carbocycles. The Hall–Kier alpha value is -3.74. The maximum atomic E-state index is 13.2. The second kappa shape index (κ2) is 7.26. The van der Waals surface area contributed by atoms with Crippen LogP contribution in [0.5, 0.6) is 0 Å². The highest BCUT2D eigenvalue weighted by Gasteiger charge is 2.49. The van der Waals surface area contributed by atoms with Gasteiger partial charge in [-0.25, -0.2) is 9.18 Å². The Labute approximate surface area is 172 Å². The minimum atomic E-state index is -1.27. The van der Waals surface area contributed by atoms with Gasteiger partial charge in [-0.2, -0.15) is 0 Å². The van der Waals surface area contributed by atoms with E-state index in [1.807, 2.05) is 36.4 Å². The van der Waals surface area contributed by atoms with E-state index in [0.29, 0.717) is 16.8 Å². The molecule has 0 spiro atoms. The number of carbonyl (C=O) groups is 3. The van der Waals surface area contributed by atoms with Crippen molar-refractivity contribution < 1.29 is 18.8 Å². The summed E-state index contributed by atoms with van der Waals surface area (Å²) in [5.74, 6) is -1.46. The molecule has 2 N–H and O–H groups in total. The second-order valence-corrected chi connectivity index (χ2v) is 7.52. The first-order valence-electron chi connectivity index (χ1n) is 9.47. The number of imide groups is 1. The standard InChI is InChI=1S/C23H20FN3O3/c1-14-11-18(24)9-10-19(14)25-20(28)13-27-21(29)23(2,26-22(27)30)17-8-7-15-5-3-4-6-16(15)12-17/h3-12H,13H2,1-2H3,(H,25,28)(H,26,30). The number of aryl methyl sites for hydroxylation is 1. The van der Waals surface area contributed by atoms with Crippen LogP contribution in [-0.4, -0.2) is 29.3 Å².